The van der Waals surface area contributed by atoms with Crippen LogP contribution in [0.15, 0.2) is 54.6 Å². The van der Waals surface area contributed by atoms with E-state index in [1.807, 2.05) is 0 Å². The van der Waals surface area contributed by atoms with Crippen LogP contribution in [0.4, 0.5) is 22.0 Å². The minimum Gasteiger partial charge on any atom is -0.344 e. The summed E-state index contributed by atoms with van der Waals surface area (Å²) in [6, 6.07) is 8.46. The Balaban J connectivity index is 2.28. The van der Waals surface area contributed by atoms with E-state index >= 15 is 0 Å². The normalized spacial score (nSPS) is 13.6. The molecule has 0 aliphatic carbocycles. The number of ketones is 1. The standard InChI is InChI=1S/C26H24Cl2F5N3O4/c1-14(2)20(22(38)26(32,33)24(40)34-13-25(29,30)31)36-23(39)21(16-6-10-18(28)11-7-16)35-19(37)12-5-15-3-8-17(27)9-4-15/h3-12,14,20-21H,13H2,1-2H3,(H,34,40)(H,35,37)(H,36,39)/b12-5+/t20-,21-/m0/s1. The zero-order valence-corrected chi connectivity index (χ0v) is 22.5. The third-order valence-corrected chi connectivity index (χ3v) is 5.84. The van der Waals surface area contributed by atoms with Crippen molar-refractivity contribution in [1.82, 2.24) is 16.0 Å². The van der Waals surface area contributed by atoms with Gasteiger partial charge in [-0.25, -0.2) is 0 Å². The lowest BCUT2D eigenvalue weighted by atomic mass is 9.94. The summed E-state index contributed by atoms with van der Waals surface area (Å²) in [5.41, 5.74) is 0.767. The fourth-order valence-electron chi connectivity index (χ4n) is 3.26. The number of nitrogens with one attached hydrogen (secondary N) is 3. The second-order valence-electron chi connectivity index (χ2n) is 8.84. The van der Waals surface area contributed by atoms with Crippen LogP contribution in [0, 0.1) is 5.92 Å². The van der Waals surface area contributed by atoms with Gasteiger partial charge in [0.25, 0.3) is 5.91 Å². The van der Waals surface area contributed by atoms with Gasteiger partial charge in [-0.1, -0.05) is 61.3 Å². The van der Waals surface area contributed by atoms with E-state index in [2.05, 4.69) is 10.6 Å². The maximum Gasteiger partial charge on any atom is 0.405 e. The van der Waals surface area contributed by atoms with Crippen LogP contribution in [0.2, 0.25) is 10.0 Å². The molecule has 40 heavy (non-hydrogen) atoms. The number of alkyl halides is 5. The third-order valence-electron chi connectivity index (χ3n) is 5.34. The summed E-state index contributed by atoms with van der Waals surface area (Å²) in [5, 5.41) is 6.23. The summed E-state index contributed by atoms with van der Waals surface area (Å²) < 4.78 is 66.1. The molecular formula is C26H24Cl2F5N3O4. The number of halogens is 7. The molecule has 0 unspecified atom stereocenters. The quantitative estimate of drug-likeness (QED) is 0.192. The van der Waals surface area contributed by atoms with Gasteiger partial charge in [-0.15, -0.1) is 0 Å². The lowest BCUT2D eigenvalue weighted by Crippen LogP contribution is -2.58. The van der Waals surface area contributed by atoms with Gasteiger partial charge in [0.2, 0.25) is 17.6 Å². The first-order chi connectivity index (χ1) is 18.5. The number of carbonyl (C=O) groups is 4. The molecule has 0 fully saturated rings. The van der Waals surface area contributed by atoms with Gasteiger partial charge in [-0.2, -0.15) is 22.0 Å². The van der Waals surface area contributed by atoms with Crippen molar-refractivity contribution in [3.8, 4) is 0 Å². The average Bonchev–Trinajstić information content (AvgIpc) is 2.88. The second-order valence-corrected chi connectivity index (χ2v) is 9.72. The van der Waals surface area contributed by atoms with Crippen molar-refractivity contribution in [2.24, 2.45) is 5.92 Å². The van der Waals surface area contributed by atoms with Crippen LogP contribution in [0.1, 0.15) is 31.0 Å². The molecule has 0 spiro atoms. The van der Waals surface area contributed by atoms with Crippen LogP contribution in [-0.4, -0.2) is 48.2 Å². The third kappa shape index (κ3) is 9.60. The monoisotopic (exact) mass is 607 g/mol. The molecule has 2 atom stereocenters. The van der Waals surface area contributed by atoms with Gasteiger partial charge >= 0.3 is 12.1 Å². The fourth-order valence-corrected chi connectivity index (χ4v) is 3.51. The first kappa shape index (κ1) is 32.7. The number of benzene rings is 2. The lowest BCUT2D eigenvalue weighted by molar-refractivity contribution is -0.165. The van der Waals surface area contributed by atoms with E-state index in [0.717, 1.165) is 11.4 Å². The van der Waals surface area contributed by atoms with Gasteiger partial charge in [0.05, 0.1) is 6.04 Å². The Morgan fingerprint density at radius 2 is 1.38 bits per heavy atom. The zero-order valence-electron chi connectivity index (χ0n) is 21.0. The van der Waals surface area contributed by atoms with E-state index in [1.54, 1.807) is 24.3 Å². The van der Waals surface area contributed by atoms with Crippen molar-refractivity contribution in [3.63, 3.8) is 0 Å². The van der Waals surface area contributed by atoms with Crippen LogP contribution in [0.5, 0.6) is 0 Å². The van der Waals surface area contributed by atoms with Crippen molar-refractivity contribution < 1.29 is 41.1 Å². The highest BCUT2D eigenvalue weighted by Gasteiger charge is 2.52. The SMILES string of the molecule is CC(C)[C@H](NC(=O)[C@@H](NC(=O)/C=C/c1ccc(Cl)cc1)c1ccc(Cl)cc1)C(=O)C(F)(F)C(=O)NCC(F)(F)F. The Morgan fingerprint density at radius 1 is 0.850 bits per heavy atom. The van der Waals surface area contributed by atoms with Gasteiger partial charge in [0.15, 0.2) is 0 Å². The Hall–Kier alpha value is -3.51. The summed E-state index contributed by atoms with van der Waals surface area (Å²) in [4.78, 5) is 50.1. The first-order valence-electron chi connectivity index (χ1n) is 11.6. The van der Waals surface area contributed by atoms with Crippen molar-refractivity contribution >= 4 is 52.8 Å². The summed E-state index contributed by atoms with van der Waals surface area (Å²) in [5.74, 6) is -12.4. The minimum atomic E-state index is -4.99. The molecule has 14 heteroatoms. The average molecular weight is 608 g/mol. The highest BCUT2D eigenvalue weighted by molar-refractivity contribution is 6.30. The Morgan fingerprint density at radius 3 is 1.88 bits per heavy atom. The van der Waals surface area contributed by atoms with Crippen LogP contribution >= 0.6 is 23.2 Å². The fraction of sp³-hybridized carbons (Fsp3) is 0.308. The van der Waals surface area contributed by atoms with Crippen molar-refractivity contribution in [1.29, 1.82) is 0 Å². The summed E-state index contributed by atoms with van der Waals surface area (Å²) in [7, 11) is 0. The number of Topliss-reactive ketones (excluding diaryl/α,β-unsaturated/α-hetero) is 1. The molecule has 0 aromatic heterocycles. The van der Waals surface area contributed by atoms with E-state index in [1.165, 1.54) is 44.2 Å². The van der Waals surface area contributed by atoms with Gasteiger partial charge in [-0.3, -0.25) is 19.2 Å². The van der Waals surface area contributed by atoms with Gasteiger partial charge < -0.3 is 16.0 Å². The van der Waals surface area contributed by atoms with Crippen LogP contribution in [0.3, 0.4) is 0 Å². The molecule has 0 bridgehead atoms. The number of amides is 3. The highest BCUT2D eigenvalue weighted by Crippen LogP contribution is 2.23. The predicted molar refractivity (Wildman–Crippen MR) is 139 cm³/mol. The van der Waals surface area contributed by atoms with Gasteiger partial charge in [0.1, 0.15) is 12.6 Å². The molecule has 0 saturated heterocycles. The number of hydrogen-bond acceptors (Lipinski definition) is 4. The molecule has 2 aromatic rings. The summed E-state index contributed by atoms with van der Waals surface area (Å²) >= 11 is 11.7. The second kappa shape index (κ2) is 13.7. The largest absolute Gasteiger partial charge is 0.405 e. The predicted octanol–water partition coefficient (Wildman–Crippen LogP) is 4.89. The molecule has 0 aliphatic rings. The van der Waals surface area contributed by atoms with Crippen molar-refractivity contribution in [2.75, 3.05) is 6.54 Å². The molecule has 3 amide bonds. The van der Waals surface area contributed by atoms with Gasteiger partial charge in [-0.05, 0) is 47.4 Å². The topological polar surface area (TPSA) is 104 Å². The molecule has 0 saturated carbocycles. The van der Waals surface area contributed by atoms with E-state index in [0.29, 0.717) is 10.6 Å². The number of hydrogen-bond donors (Lipinski definition) is 3. The lowest BCUT2D eigenvalue weighted by Gasteiger charge is -2.27. The maximum atomic E-state index is 14.5. The molecule has 7 nitrogen and oxygen atoms in total. The number of rotatable bonds is 11. The van der Waals surface area contributed by atoms with Gasteiger partial charge in [0, 0.05) is 16.1 Å². The molecule has 0 radical (unpaired) electrons. The molecule has 2 rings (SSSR count). The molecule has 3 N–H and O–H groups in total. The zero-order chi connectivity index (χ0) is 30.3. The van der Waals surface area contributed by atoms with E-state index in [4.69, 9.17) is 23.2 Å². The van der Waals surface area contributed by atoms with E-state index in [-0.39, 0.29) is 10.6 Å². The Kier molecular flexibility index (Phi) is 11.2. The minimum absolute atomic E-state index is 0.166. The van der Waals surface area contributed by atoms with Crippen LogP contribution in [0.25, 0.3) is 6.08 Å². The molecule has 0 aliphatic heterocycles. The highest BCUT2D eigenvalue weighted by atomic mass is 35.5. The number of carbonyl (C=O) groups excluding carboxylic acids is 4. The molecule has 2 aromatic carbocycles. The molecule has 0 heterocycles. The van der Waals surface area contributed by atoms with E-state index < -0.39 is 60.1 Å². The molecule has 216 valence electrons. The smallest absolute Gasteiger partial charge is 0.344 e. The van der Waals surface area contributed by atoms with Crippen molar-refractivity contribution in [3.05, 3.63) is 75.8 Å². The first-order valence-corrected chi connectivity index (χ1v) is 12.3. The van der Waals surface area contributed by atoms with E-state index in [9.17, 15) is 41.1 Å². The Bertz CT molecular complexity index is 1250. The Labute approximate surface area is 236 Å². The van der Waals surface area contributed by atoms with Crippen LogP contribution in [-0.2, 0) is 19.2 Å². The summed E-state index contributed by atoms with van der Waals surface area (Å²) in [6.07, 6.45) is -2.47. The van der Waals surface area contributed by atoms with Crippen LogP contribution < -0.4 is 16.0 Å². The molecular weight excluding hydrogens is 584 g/mol. The maximum absolute atomic E-state index is 14.5. The summed E-state index contributed by atoms with van der Waals surface area (Å²) in [6.45, 7) is 0.468. The van der Waals surface area contributed by atoms with Crippen molar-refractivity contribution in [2.45, 2.75) is 38.0 Å².